The van der Waals surface area contributed by atoms with Crippen LogP contribution in [0.4, 0.5) is 10.1 Å². The molecule has 2 rings (SSSR count). The molecule has 2 aromatic rings. The first kappa shape index (κ1) is 14.2. The number of Topliss-reactive ketones (excluding diaryl/α,β-unsaturated/α-hetero) is 1. The lowest BCUT2D eigenvalue weighted by Gasteiger charge is -2.06. The zero-order valence-corrected chi connectivity index (χ0v) is 11.7. The molecule has 0 saturated heterocycles. The molecule has 0 aliphatic rings. The lowest BCUT2D eigenvalue weighted by atomic mass is 10.0. The largest absolute Gasteiger partial charge is 0.398 e. The predicted molar refractivity (Wildman–Crippen MR) is 76.1 cm³/mol. The van der Waals surface area contributed by atoms with Gasteiger partial charge in [-0.25, -0.2) is 4.39 Å². The maximum absolute atomic E-state index is 13.2. The number of anilines is 1. The molecule has 0 amide bonds. The molecule has 0 atom stereocenters. The quantitative estimate of drug-likeness (QED) is 0.674. The first-order valence-corrected chi connectivity index (χ1v) is 6.69. The minimum atomic E-state index is -0.458. The Hall–Kier alpha value is -2.17. The molecule has 1 aromatic carbocycles. The van der Waals surface area contributed by atoms with Gasteiger partial charge in [-0.3, -0.25) is 9.48 Å². The topological polar surface area (TPSA) is 60.9 Å². The van der Waals surface area contributed by atoms with Crippen molar-refractivity contribution in [2.75, 3.05) is 5.73 Å². The minimum Gasteiger partial charge on any atom is -0.398 e. The van der Waals surface area contributed by atoms with Gasteiger partial charge in [-0.1, -0.05) is 6.92 Å². The number of halogens is 1. The molecule has 0 spiro atoms. The van der Waals surface area contributed by atoms with E-state index >= 15 is 0 Å². The van der Waals surface area contributed by atoms with Crippen molar-refractivity contribution in [1.82, 2.24) is 9.78 Å². The molecule has 20 heavy (non-hydrogen) atoms. The van der Waals surface area contributed by atoms with Crippen LogP contribution in [-0.2, 0) is 19.4 Å². The molecule has 5 heteroatoms. The molecule has 0 radical (unpaired) electrons. The Morgan fingerprint density at radius 1 is 1.35 bits per heavy atom. The normalized spacial score (nSPS) is 10.8. The number of nitrogens with two attached hydrogens (primary N) is 1. The van der Waals surface area contributed by atoms with Gasteiger partial charge < -0.3 is 5.73 Å². The van der Waals surface area contributed by atoms with Gasteiger partial charge in [0.05, 0.1) is 12.1 Å². The molecule has 4 nitrogen and oxygen atoms in total. The van der Waals surface area contributed by atoms with E-state index < -0.39 is 5.82 Å². The van der Waals surface area contributed by atoms with Gasteiger partial charge in [0.1, 0.15) is 5.82 Å². The fourth-order valence-corrected chi connectivity index (χ4v) is 2.13. The number of carbonyl (C=O) groups is 1. The predicted octanol–water partition coefficient (Wildman–Crippen LogP) is 2.61. The first-order chi connectivity index (χ1) is 9.55. The lowest BCUT2D eigenvalue weighted by Crippen LogP contribution is -2.11. The van der Waals surface area contributed by atoms with E-state index in [1.165, 1.54) is 18.2 Å². The van der Waals surface area contributed by atoms with Crippen LogP contribution in [0.5, 0.6) is 0 Å². The van der Waals surface area contributed by atoms with Crippen LogP contribution < -0.4 is 5.73 Å². The summed E-state index contributed by atoms with van der Waals surface area (Å²) in [5.41, 5.74) is 8.04. The number of benzene rings is 1. The van der Waals surface area contributed by atoms with Gasteiger partial charge in [0.15, 0.2) is 5.78 Å². The Kier molecular flexibility index (Phi) is 4.17. The Morgan fingerprint density at radius 2 is 2.10 bits per heavy atom. The van der Waals surface area contributed by atoms with Crippen LogP contribution in [0.1, 0.15) is 35.6 Å². The number of nitrogen functional groups attached to an aromatic ring is 1. The van der Waals surface area contributed by atoms with E-state index in [-0.39, 0.29) is 17.8 Å². The molecule has 0 unspecified atom stereocenters. The number of ketones is 1. The standard InChI is InChI=1S/C15H18FN3O/c1-3-11-8-12(19(4-2)18-11)9-15(20)13-7-10(16)5-6-14(13)17/h5-8H,3-4,9,17H2,1-2H3. The monoisotopic (exact) mass is 275 g/mol. The van der Waals surface area contributed by atoms with Crippen molar-refractivity contribution in [1.29, 1.82) is 0 Å². The van der Waals surface area contributed by atoms with E-state index in [1.807, 2.05) is 19.9 Å². The molecular weight excluding hydrogens is 257 g/mol. The number of aryl methyl sites for hydroxylation is 2. The summed E-state index contributed by atoms with van der Waals surface area (Å²) in [7, 11) is 0. The third-order valence-electron chi connectivity index (χ3n) is 3.23. The number of hydrogen-bond donors (Lipinski definition) is 1. The van der Waals surface area contributed by atoms with Crippen molar-refractivity contribution in [2.45, 2.75) is 33.2 Å². The number of carbonyl (C=O) groups excluding carboxylic acids is 1. The molecule has 2 N–H and O–H groups in total. The van der Waals surface area contributed by atoms with Gasteiger partial charge in [0.25, 0.3) is 0 Å². The van der Waals surface area contributed by atoms with Crippen molar-refractivity contribution in [3.8, 4) is 0 Å². The maximum Gasteiger partial charge on any atom is 0.170 e. The molecule has 0 aliphatic carbocycles. The second-order valence-corrected chi connectivity index (χ2v) is 4.63. The third kappa shape index (κ3) is 2.87. The van der Waals surface area contributed by atoms with Gasteiger partial charge in [-0.2, -0.15) is 5.10 Å². The van der Waals surface area contributed by atoms with Crippen molar-refractivity contribution in [2.24, 2.45) is 0 Å². The van der Waals surface area contributed by atoms with Gasteiger partial charge in [-0.15, -0.1) is 0 Å². The SMILES string of the molecule is CCc1cc(CC(=O)c2cc(F)ccc2N)n(CC)n1. The zero-order chi connectivity index (χ0) is 14.7. The first-order valence-electron chi connectivity index (χ1n) is 6.69. The Balaban J connectivity index is 2.27. The molecular formula is C15H18FN3O. The minimum absolute atomic E-state index is 0.175. The molecule has 0 aliphatic heterocycles. The van der Waals surface area contributed by atoms with Crippen LogP contribution in [0.3, 0.4) is 0 Å². The van der Waals surface area contributed by atoms with E-state index in [1.54, 1.807) is 4.68 Å². The third-order valence-corrected chi connectivity index (χ3v) is 3.23. The van der Waals surface area contributed by atoms with Gasteiger partial charge in [-0.05, 0) is 37.6 Å². The highest BCUT2D eigenvalue weighted by molar-refractivity contribution is 6.01. The van der Waals surface area contributed by atoms with Gasteiger partial charge >= 0.3 is 0 Å². The fraction of sp³-hybridized carbons (Fsp3) is 0.333. The highest BCUT2D eigenvalue weighted by atomic mass is 19.1. The second kappa shape index (κ2) is 5.86. The number of nitrogens with zero attached hydrogens (tertiary/aromatic N) is 2. The fourth-order valence-electron chi connectivity index (χ4n) is 2.13. The van der Waals surface area contributed by atoms with Gasteiger partial charge in [0.2, 0.25) is 0 Å². The highest BCUT2D eigenvalue weighted by Crippen LogP contribution is 2.17. The van der Waals surface area contributed by atoms with Crippen LogP contribution in [-0.4, -0.2) is 15.6 Å². The van der Waals surface area contributed by atoms with Crippen LogP contribution >= 0.6 is 0 Å². The zero-order valence-electron chi connectivity index (χ0n) is 11.7. The number of aromatic nitrogens is 2. The maximum atomic E-state index is 13.2. The Labute approximate surface area is 117 Å². The van der Waals surface area contributed by atoms with E-state index in [0.717, 1.165) is 17.8 Å². The van der Waals surface area contributed by atoms with Gasteiger partial charge in [0, 0.05) is 23.5 Å². The van der Waals surface area contributed by atoms with E-state index in [2.05, 4.69) is 5.10 Å². The van der Waals surface area contributed by atoms with Crippen molar-refractivity contribution in [3.05, 3.63) is 47.0 Å². The summed E-state index contributed by atoms with van der Waals surface area (Å²) in [5, 5.41) is 4.39. The average Bonchev–Trinajstić information content (AvgIpc) is 2.83. The van der Waals surface area contributed by atoms with Crippen LogP contribution in [0.2, 0.25) is 0 Å². The Morgan fingerprint density at radius 3 is 2.75 bits per heavy atom. The second-order valence-electron chi connectivity index (χ2n) is 4.63. The molecule has 1 aromatic heterocycles. The molecule has 106 valence electrons. The summed E-state index contributed by atoms with van der Waals surface area (Å²) in [6, 6.07) is 5.76. The molecule has 1 heterocycles. The van der Waals surface area contributed by atoms with E-state index in [9.17, 15) is 9.18 Å². The summed E-state index contributed by atoms with van der Waals surface area (Å²) >= 11 is 0. The highest BCUT2D eigenvalue weighted by Gasteiger charge is 2.15. The van der Waals surface area contributed by atoms with Crippen LogP contribution in [0, 0.1) is 5.82 Å². The molecule has 0 bridgehead atoms. The summed E-state index contributed by atoms with van der Waals surface area (Å²) in [6.45, 7) is 4.68. The summed E-state index contributed by atoms with van der Waals surface area (Å²) in [5.74, 6) is -0.653. The number of rotatable bonds is 5. The Bertz CT molecular complexity index is 634. The molecule has 0 saturated carbocycles. The average molecular weight is 275 g/mol. The van der Waals surface area contributed by atoms with E-state index in [4.69, 9.17) is 5.73 Å². The van der Waals surface area contributed by atoms with E-state index in [0.29, 0.717) is 12.2 Å². The number of hydrogen-bond acceptors (Lipinski definition) is 3. The summed E-state index contributed by atoms with van der Waals surface area (Å²) in [6.07, 6.45) is 0.991. The summed E-state index contributed by atoms with van der Waals surface area (Å²) in [4.78, 5) is 12.3. The summed E-state index contributed by atoms with van der Waals surface area (Å²) < 4.78 is 15.0. The smallest absolute Gasteiger partial charge is 0.170 e. The van der Waals surface area contributed by atoms with Crippen LogP contribution in [0.25, 0.3) is 0 Å². The lowest BCUT2D eigenvalue weighted by molar-refractivity contribution is 0.0991. The van der Waals surface area contributed by atoms with Crippen molar-refractivity contribution >= 4 is 11.5 Å². The van der Waals surface area contributed by atoms with Crippen LogP contribution in [0.15, 0.2) is 24.3 Å². The van der Waals surface area contributed by atoms with Crippen molar-refractivity contribution in [3.63, 3.8) is 0 Å². The molecule has 0 fully saturated rings. The van der Waals surface area contributed by atoms with Crippen molar-refractivity contribution < 1.29 is 9.18 Å².